The Hall–Kier alpha value is -1.06. The van der Waals surface area contributed by atoms with E-state index >= 15 is 0 Å². The lowest BCUT2D eigenvalue weighted by Crippen LogP contribution is -2.14. The van der Waals surface area contributed by atoms with Gasteiger partial charge in [-0.1, -0.05) is 0 Å². The largest absolute Gasteiger partial charge is 0.446 e. The third-order valence-electron chi connectivity index (χ3n) is 0.381. The number of carbonyl (C=O) groups excluding carboxylic acids is 2. The molecule has 0 aromatic carbocycles. The highest BCUT2D eigenvalue weighted by Crippen LogP contribution is 1.78. The Labute approximate surface area is 46.4 Å². The quantitative estimate of drug-likeness (QED) is 0.312. The molecule has 0 atom stereocenters. The van der Waals surface area contributed by atoms with Crippen molar-refractivity contribution in [3.8, 4) is 0 Å². The minimum atomic E-state index is -1.33. The predicted octanol–water partition coefficient (Wildman–Crippen LogP) is -0.590. The van der Waals surface area contributed by atoms with Crippen LogP contribution in [0.2, 0.25) is 0 Å². The van der Waals surface area contributed by atoms with Crippen LogP contribution in [0.5, 0.6) is 0 Å². The van der Waals surface area contributed by atoms with Crippen LogP contribution in [0.4, 0.5) is 0 Å². The van der Waals surface area contributed by atoms with Gasteiger partial charge in [0.25, 0.3) is 0 Å². The maximum Gasteiger partial charge on any atom is 0.418 e. The van der Waals surface area contributed by atoms with E-state index in [9.17, 15) is 9.59 Å². The van der Waals surface area contributed by atoms with Crippen molar-refractivity contribution in [2.45, 2.75) is 0 Å². The first-order valence-electron chi connectivity index (χ1n) is 1.54. The summed E-state index contributed by atoms with van der Waals surface area (Å²) in [6.45, 7) is 0. The summed E-state index contributed by atoms with van der Waals surface area (Å²) in [7, 11) is 8.49. The van der Waals surface area contributed by atoms with Crippen LogP contribution < -0.4 is 0 Å². The second-order valence-electron chi connectivity index (χ2n) is 0.811. The van der Waals surface area contributed by atoms with E-state index in [0.717, 1.165) is 0 Å². The van der Waals surface area contributed by atoms with Gasteiger partial charge in [0.1, 0.15) is 0 Å². The number of esters is 2. The van der Waals surface area contributed by atoms with Crippen molar-refractivity contribution in [1.29, 1.82) is 0 Å². The van der Waals surface area contributed by atoms with Gasteiger partial charge in [-0.3, -0.25) is 0 Å². The highest BCUT2D eigenvalue weighted by atomic mass is 16.6. The summed E-state index contributed by atoms with van der Waals surface area (Å²) < 4.78 is 6.82. The van der Waals surface area contributed by atoms with Crippen LogP contribution >= 0.6 is 0 Å². The molecule has 0 aliphatic heterocycles. The Morgan fingerprint density at radius 2 is 1.25 bits per heavy atom. The van der Waals surface area contributed by atoms with Crippen LogP contribution in [0, 0.1) is 14.2 Å². The highest BCUT2D eigenvalue weighted by molar-refractivity contribution is 6.29. The first kappa shape index (κ1) is 6.94. The third kappa shape index (κ3) is 1.59. The van der Waals surface area contributed by atoms with Gasteiger partial charge in [0.05, 0.1) is 0 Å². The molecule has 0 aromatic rings. The van der Waals surface area contributed by atoms with Crippen molar-refractivity contribution in [3.05, 3.63) is 14.2 Å². The van der Waals surface area contributed by atoms with Crippen molar-refractivity contribution in [2.24, 2.45) is 0 Å². The van der Waals surface area contributed by atoms with Crippen molar-refractivity contribution in [1.82, 2.24) is 0 Å². The summed E-state index contributed by atoms with van der Waals surface area (Å²) >= 11 is 0. The molecule has 0 fully saturated rings. The van der Waals surface area contributed by atoms with Gasteiger partial charge in [-0.2, -0.15) is 0 Å². The number of hydrogen-bond donors (Lipinski definition) is 0. The fourth-order valence-corrected chi connectivity index (χ4v) is 0.0962. The minimum Gasteiger partial charge on any atom is -0.446 e. The number of rotatable bonds is 0. The van der Waals surface area contributed by atoms with Gasteiger partial charge in [0.15, 0.2) is 14.2 Å². The zero-order valence-corrected chi connectivity index (χ0v) is 3.79. The van der Waals surface area contributed by atoms with E-state index in [4.69, 9.17) is 0 Å². The molecule has 0 saturated carbocycles. The summed E-state index contributed by atoms with van der Waals surface area (Å²) in [5, 5.41) is 0. The molecule has 0 unspecified atom stereocenters. The molecule has 0 bridgehead atoms. The molecule has 0 heterocycles. The molecule has 4 heteroatoms. The first-order valence-corrected chi connectivity index (χ1v) is 1.54. The molecule has 0 rings (SSSR count). The lowest BCUT2D eigenvalue weighted by Gasteiger charge is -1.90. The molecule has 0 aromatic heterocycles. The first-order chi connectivity index (χ1) is 3.72. The summed E-state index contributed by atoms with van der Waals surface area (Å²) in [6.07, 6.45) is 0. The Kier molecular flexibility index (Phi) is 2.61. The molecule has 42 valence electrons. The van der Waals surface area contributed by atoms with E-state index in [1.807, 2.05) is 0 Å². The van der Waals surface area contributed by atoms with Crippen molar-refractivity contribution >= 4 is 11.9 Å². The standard InChI is InChI=1S/C4H2O4/c1-7-3(5)4(6)8-2/h1-2H. The Morgan fingerprint density at radius 3 is 1.38 bits per heavy atom. The average molecular weight is 114 g/mol. The molecule has 8 heavy (non-hydrogen) atoms. The van der Waals surface area contributed by atoms with Crippen LogP contribution in [0.3, 0.4) is 0 Å². The van der Waals surface area contributed by atoms with Crippen LogP contribution in [-0.4, -0.2) is 11.9 Å². The van der Waals surface area contributed by atoms with E-state index in [2.05, 4.69) is 23.7 Å². The highest BCUT2D eigenvalue weighted by Gasteiger charge is 2.12. The maximum atomic E-state index is 9.84. The zero-order chi connectivity index (χ0) is 6.57. The van der Waals surface area contributed by atoms with Gasteiger partial charge in [0, 0.05) is 0 Å². The summed E-state index contributed by atoms with van der Waals surface area (Å²) in [6, 6.07) is 0. The van der Waals surface area contributed by atoms with E-state index < -0.39 is 11.9 Å². The minimum absolute atomic E-state index is 1.33. The normalized spacial score (nSPS) is 7.75. The predicted molar refractivity (Wildman–Crippen MR) is 20.8 cm³/mol. The van der Waals surface area contributed by atoms with E-state index in [0.29, 0.717) is 0 Å². The Morgan fingerprint density at radius 1 is 1.00 bits per heavy atom. The Bertz CT molecular complexity index is 92.6. The molecule has 0 amide bonds. The van der Waals surface area contributed by atoms with E-state index in [1.165, 1.54) is 0 Å². The monoisotopic (exact) mass is 114 g/mol. The topological polar surface area (TPSA) is 52.6 Å². The number of carbonyl (C=O) groups is 2. The van der Waals surface area contributed by atoms with E-state index in [1.54, 1.807) is 0 Å². The summed E-state index contributed by atoms with van der Waals surface area (Å²) in [4.78, 5) is 19.7. The van der Waals surface area contributed by atoms with Gasteiger partial charge >= 0.3 is 11.9 Å². The van der Waals surface area contributed by atoms with Crippen LogP contribution in [0.25, 0.3) is 0 Å². The summed E-state index contributed by atoms with van der Waals surface area (Å²) in [5.41, 5.74) is 0. The molecule has 4 nitrogen and oxygen atoms in total. The van der Waals surface area contributed by atoms with Gasteiger partial charge < -0.3 is 9.47 Å². The van der Waals surface area contributed by atoms with Crippen LogP contribution in [0.1, 0.15) is 0 Å². The van der Waals surface area contributed by atoms with Gasteiger partial charge in [-0.25, -0.2) is 9.59 Å². The molecule has 0 aliphatic carbocycles. The molecule has 0 aliphatic rings. The SMILES string of the molecule is [CH]OC(=O)C(=O)O[CH]. The second-order valence-corrected chi connectivity index (χ2v) is 0.811. The van der Waals surface area contributed by atoms with Gasteiger partial charge in [-0.15, -0.1) is 0 Å². The molecule has 0 saturated heterocycles. The van der Waals surface area contributed by atoms with Crippen molar-refractivity contribution < 1.29 is 19.1 Å². The number of ether oxygens (including phenoxy) is 2. The zero-order valence-electron chi connectivity index (χ0n) is 3.79. The smallest absolute Gasteiger partial charge is 0.418 e. The third-order valence-corrected chi connectivity index (χ3v) is 0.381. The summed E-state index contributed by atoms with van der Waals surface area (Å²) in [5.74, 6) is -2.65. The number of hydrogen-bond acceptors (Lipinski definition) is 4. The maximum absolute atomic E-state index is 9.84. The molecule has 0 N–H and O–H groups in total. The molecular weight excluding hydrogens is 112 g/mol. The van der Waals surface area contributed by atoms with Gasteiger partial charge in [-0.05, 0) is 0 Å². The average Bonchev–Trinajstić information content (AvgIpc) is 1.84. The molecule has 0 spiro atoms. The molecule has 4 radical (unpaired) electrons. The van der Waals surface area contributed by atoms with Crippen LogP contribution in [0.15, 0.2) is 0 Å². The fourth-order valence-electron chi connectivity index (χ4n) is 0.0962. The lowest BCUT2D eigenvalue weighted by atomic mass is 10.7. The van der Waals surface area contributed by atoms with Crippen molar-refractivity contribution in [3.63, 3.8) is 0 Å². The second kappa shape index (κ2) is 3.01. The van der Waals surface area contributed by atoms with Gasteiger partial charge in [0.2, 0.25) is 0 Å². The van der Waals surface area contributed by atoms with E-state index in [-0.39, 0.29) is 0 Å². The molecular formula is C4H2O4. The van der Waals surface area contributed by atoms with Crippen molar-refractivity contribution in [2.75, 3.05) is 0 Å². The lowest BCUT2D eigenvalue weighted by molar-refractivity contribution is -0.161. The van der Waals surface area contributed by atoms with Crippen LogP contribution in [-0.2, 0) is 19.1 Å². The fraction of sp³-hybridized carbons (Fsp3) is 0. The Balaban J connectivity index is 3.64.